The molecule has 0 radical (unpaired) electrons. The van der Waals surface area contributed by atoms with Crippen molar-refractivity contribution in [1.29, 1.82) is 0 Å². The molecule has 12 heteroatoms. The number of esters is 1. The fourth-order valence-corrected chi connectivity index (χ4v) is 8.00. The summed E-state index contributed by atoms with van der Waals surface area (Å²) in [5.41, 5.74) is -0.472. The Kier molecular flexibility index (Phi) is 12.3. The van der Waals surface area contributed by atoms with Gasteiger partial charge in [0.25, 0.3) is 0 Å². The molecule has 1 aromatic rings. The van der Waals surface area contributed by atoms with Crippen LogP contribution in [0.15, 0.2) is 55.6 Å². The Hall–Kier alpha value is -3.58. The van der Waals surface area contributed by atoms with Crippen molar-refractivity contribution in [2.24, 2.45) is 17.8 Å². The van der Waals surface area contributed by atoms with Crippen LogP contribution >= 0.6 is 0 Å². The molecule has 1 spiro atoms. The summed E-state index contributed by atoms with van der Waals surface area (Å²) in [6.07, 6.45) is 4.36. The molecular weight excluding hydrogens is 628 g/mol. The molecule has 49 heavy (non-hydrogen) atoms. The Morgan fingerprint density at radius 3 is 2.55 bits per heavy atom. The van der Waals surface area contributed by atoms with Crippen LogP contribution in [0.4, 0.5) is 0 Å². The summed E-state index contributed by atoms with van der Waals surface area (Å²) < 4.78 is 17.7. The Balaban J connectivity index is 1.43. The van der Waals surface area contributed by atoms with Gasteiger partial charge in [0.15, 0.2) is 0 Å². The molecule has 3 amide bonds. The molecule has 0 aromatic heterocycles. The summed E-state index contributed by atoms with van der Waals surface area (Å²) in [6.45, 7) is 15.1. The van der Waals surface area contributed by atoms with Gasteiger partial charge >= 0.3 is 5.97 Å². The van der Waals surface area contributed by atoms with Crippen molar-refractivity contribution in [3.05, 3.63) is 61.2 Å². The first-order valence-electron chi connectivity index (χ1n) is 17.6. The predicted octanol–water partition coefficient (Wildman–Crippen LogP) is 2.09. The van der Waals surface area contributed by atoms with Crippen molar-refractivity contribution in [1.82, 2.24) is 20.0 Å². The summed E-state index contributed by atoms with van der Waals surface area (Å²) in [6, 6.07) is 6.91. The minimum atomic E-state index is -1.22. The van der Waals surface area contributed by atoms with Crippen LogP contribution in [0.5, 0.6) is 0 Å². The van der Waals surface area contributed by atoms with Gasteiger partial charge in [0, 0.05) is 39.1 Å². The molecule has 0 saturated carbocycles. The lowest BCUT2D eigenvalue weighted by Gasteiger charge is -2.40. The SMILES string of the molecule is C=CCCC(=O)OC[C@H](NC(=O)[C@@H]1[C@@H]2CC[C@]3(O2)[C@H](C(=O)N(CC=C)CCN2CCOCC2)N([C@@H](CO)C(C)C)C(=O)[C@@H]13)c1ccccc1. The first kappa shape index (κ1) is 36.7. The molecule has 1 aromatic carbocycles. The number of hydrogen-bond donors (Lipinski definition) is 2. The number of fused-ring (bicyclic) bond motifs is 1. The first-order chi connectivity index (χ1) is 23.7. The number of hydrogen-bond acceptors (Lipinski definition) is 9. The van der Waals surface area contributed by atoms with E-state index < -0.39 is 53.5 Å². The van der Waals surface area contributed by atoms with Crippen LogP contribution in [0.3, 0.4) is 0 Å². The highest BCUT2D eigenvalue weighted by Gasteiger charge is 2.75. The summed E-state index contributed by atoms with van der Waals surface area (Å²) in [5.74, 6) is -3.36. The quantitative estimate of drug-likeness (QED) is 0.187. The average molecular weight is 681 g/mol. The number of nitrogens with one attached hydrogen (secondary N) is 1. The zero-order valence-electron chi connectivity index (χ0n) is 28.8. The minimum Gasteiger partial charge on any atom is -0.463 e. The van der Waals surface area contributed by atoms with Gasteiger partial charge in [-0.25, -0.2) is 0 Å². The van der Waals surface area contributed by atoms with E-state index in [0.717, 1.165) is 18.7 Å². The largest absolute Gasteiger partial charge is 0.463 e. The Morgan fingerprint density at radius 1 is 1.16 bits per heavy atom. The second-order valence-corrected chi connectivity index (χ2v) is 13.8. The highest BCUT2D eigenvalue weighted by Crippen LogP contribution is 2.59. The van der Waals surface area contributed by atoms with E-state index in [0.29, 0.717) is 45.6 Å². The van der Waals surface area contributed by atoms with Crippen molar-refractivity contribution in [3.63, 3.8) is 0 Å². The molecule has 5 rings (SSSR count). The van der Waals surface area contributed by atoms with Crippen molar-refractivity contribution >= 4 is 23.7 Å². The summed E-state index contributed by atoms with van der Waals surface area (Å²) in [5, 5.41) is 13.6. The highest BCUT2D eigenvalue weighted by molar-refractivity contribution is 5.99. The van der Waals surface area contributed by atoms with Gasteiger partial charge in [0.2, 0.25) is 17.7 Å². The normalized spacial score (nSPS) is 27.4. The number of aliphatic hydroxyl groups is 1. The van der Waals surface area contributed by atoms with Crippen LogP contribution in [0, 0.1) is 17.8 Å². The van der Waals surface area contributed by atoms with Gasteiger partial charge in [0.05, 0.1) is 49.8 Å². The number of benzene rings is 1. The third-order valence-electron chi connectivity index (χ3n) is 10.5. The van der Waals surface area contributed by atoms with E-state index in [1.54, 1.807) is 17.1 Å². The van der Waals surface area contributed by atoms with E-state index in [9.17, 15) is 24.3 Å². The number of rotatable bonds is 17. The van der Waals surface area contributed by atoms with Crippen molar-refractivity contribution in [2.75, 3.05) is 59.2 Å². The maximum Gasteiger partial charge on any atom is 0.306 e. The molecule has 2 N–H and O–H groups in total. The van der Waals surface area contributed by atoms with E-state index in [2.05, 4.69) is 23.4 Å². The third-order valence-corrected chi connectivity index (χ3v) is 10.5. The zero-order chi connectivity index (χ0) is 35.1. The number of carbonyl (C=O) groups excluding carboxylic acids is 4. The fourth-order valence-electron chi connectivity index (χ4n) is 8.00. The number of ether oxygens (including phenoxy) is 3. The van der Waals surface area contributed by atoms with E-state index in [-0.39, 0.29) is 43.9 Å². The molecule has 268 valence electrons. The summed E-state index contributed by atoms with van der Waals surface area (Å²) >= 11 is 0. The predicted molar refractivity (Wildman–Crippen MR) is 182 cm³/mol. The molecule has 0 unspecified atom stereocenters. The first-order valence-corrected chi connectivity index (χ1v) is 17.6. The van der Waals surface area contributed by atoms with E-state index in [1.807, 2.05) is 44.2 Å². The molecule has 4 aliphatic heterocycles. The number of morpholine rings is 1. The topological polar surface area (TPSA) is 138 Å². The average Bonchev–Trinajstić information content (AvgIpc) is 3.75. The summed E-state index contributed by atoms with van der Waals surface area (Å²) in [4.78, 5) is 61.5. The van der Waals surface area contributed by atoms with Gasteiger partial charge < -0.3 is 34.4 Å². The fraction of sp³-hybridized carbons (Fsp3) is 0.622. The molecule has 0 aliphatic carbocycles. The van der Waals surface area contributed by atoms with Gasteiger partial charge in [-0.15, -0.1) is 13.2 Å². The second-order valence-electron chi connectivity index (χ2n) is 13.8. The highest BCUT2D eigenvalue weighted by atomic mass is 16.5. The lowest BCUT2D eigenvalue weighted by molar-refractivity contribution is -0.152. The standard InChI is InChI=1S/C37H52N4O8/c1-5-7-13-30(43)48-24-27(26-11-9-8-10-12-26)38-34(44)31-29-14-15-37(49-29)32(31)35(45)41(28(23-42)25(3)4)33(37)36(46)40(16-6-2)18-17-39-19-21-47-22-20-39/h5-6,8-12,25,27-29,31-33,42H,1-2,7,13-24H2,3-4H3,(H,38,44)/t27-,28-,29-,31+,32+,33-,37+/m0/s1. The van der Waals surface area contributed by atoms with Gasteiger partial charge in [0.1, 0.15) is 18.2 Å². The van der Waals surface area contributed by atoms with E-state index in [4.69, 9.17) is 14.2 Å². The van der Waals surface area contributed by atoms with Crippen LogP contribution in [0.25, 0.3) is 0 Å². The van der Waals surface area contributed by atoms with Gasteiger partial charge in [-0.3, -0.25) is 24.1 Å². The third kappa shape index (κ3) is 7.62. The van der Waals surface area contributed by atoms with Gasteiger partial charge in [-0.2, -0.15) is 0 Å². The molecule has 4 heterocycles. The molecule has 4 fully saturated rings. The number of allylic oxidation sites excluding steroid dienone is 1. The van der Waals surface area contributed by atoms with Crippen LogP contribution in [-0.4, -0.2) is 126 Å². The van der Waals surface area contributed by atoms with Crippen LogP contribution in [0.2, 0.25) is 0 Å². The van der Waals surface area contributed by atoms with Crippen molar-refractivity contribution < 1.29 is 38.5 Å². The molecule has 4 saturated heterocycles. The van der Waals surface area contributed by atoms with Gasteiger partial charge in [-0.1, -0.05) is 56.3 Å². The maximum atomic E-state index is 14.7. The van der Waals surface area contributed by atoms with Gasteiger partial charge in [-0.05, 0) is 30.7 Å². The Morgan fingerprint density at radius 2 is 1.90 bits per heavy atom. The Bertz CT molecular complexity index is 1350. The number of nitrogens with zero attached hydrogens (tertiary/aromatic N) is 3. The molecule has 12 nitrogen and oxygen atoms in total. The monoisotopic (exact) mass is 680 g/mol. The zero-order valence-corrected chi connectivity index (χ0v) is 28.8. The smallest absolute Gasteiger partial charge is 0.306 e. The lowest BCUT2D eigenvalue weighted by atomic mass is 9.70. The molecular formula is C37H52N4O8. The van der Waals surface area contributed by atoms with Crippen molar-refractivity contribution in [3.8, 4) is 0 Å². The summed E-state index contributed by atoms with van der Waals surface area (Å²) in [7, 11) is 0. The molecule has 2 bridgehead atoms. The van der Waals surface area contributed by atoms with E-state index in [1.165, 1.54) is 4.90 Å². The maximum absolute atomic E-state index is 14.7. The van der Waals surface area contributed by atoms with Crippen LogP contribution in [-0.2, 0) is 33.4 Å². The minimum absolute atomic E-state index is 0.0828. The van der Waals surface area contributed by atoms with Crippen LogP contribution < -0.4 is 5.32 Å². The number of likely N-dealkylation sites (tertiary alicyclic amines) is 1. The van der Waals surface area contributed by atoms with E-state index >= 15 is 0 Å². The number of carbonyl (C=O) groups is 4. The molecule has 4 aliphatic rings. The molecule has 7 atom stereocenters. The van der Waals surface area contributed by atoms with Crippen molar-refractivity contribution in [2.45, 2.75) is 69.4 Å². The number of amides is 3. The van der Waals surface area contributed by atoms with Crippen LogP contribution in [0.1, 0.15) is 51.1 Å². The number of aliphatic hydroxyl groups excluding tert-OH is 1. The second kappa shape index (κ2) is 16.4. The lowest BCUT2D eigenvalue weighted by Crippen LogP contribution is -2.60. The Labute approximate surface area is 289 Å².